The van der Waals surface area contributed by atoms with E-state index in [0.717, 1.165) is 0 Å². The predicted octanol–water partition coefficient (Wildman–Crippen LogP) is 2.88. The third-order valence-electron chi connectivity index (χ3n) is 2.39. The molecule has 0 aliphatic heterocycles. The summed E-state index contributed by atoms with van der Waals surface area (Å²) in [6, 6.07) is 5.27. The number of ether oxygens (including phenoxy) is 1. The molecule has 20 heavy (non-hydrogen) atoms. The van der Waals surface area contributed by atoms with E-state index in [1.165, 1.54) is 6.20 Å². The zero-order valence-corrected chi connectivity index (χ0v) is 11.7. The zero-order chi connectivity index (χ0) is 14.4. The van der Waals surface area contributed by atoms with Gasteiger partial charge in [0.15, 0.2) is 5.82 Å². The lowest BCUT2D eigenvalue weighted by atomic mass is 10.3. The van der Waals surface area contributed by atoms with Gasteiger partial charge in [0.25, 0.3) is 0 Å². The molecule has 104 valence electrons. The van der Waals surface area contributed by atoms with Crippen LogP contribution in [0, 0.1) is 0 Å². The molecule has 0 saturated carbocycles. The van der Waals surface area contributed by atoms with Crippen molar-refractivity contribution in [3.05, 3.63) is 42.1 Å². The molecule has 0 spiro atoms. The minimum Gasteiger partial charge on any atom is -0.495 e. The smallest absolute Gasteiger partial charge is 0.244 e. The highest BCUT2D eigenvalue weighted by atomic mass is 35.5. The molecule has 2 N–H and O–H groups in total. The standard InChI is InChI=1S/C13H14ClN5O/c1-3-6-15-13-18-12(8-16-19-13)17-10-7-9(14)4-5-11(10)20-2/h3-5,7-8H,1,6H2,2H3,(H2,15,17,18,19). The molecule has 1 aromatic carbocycles. The molecule has 0 atom stereocenters. The van der Waals surface area contributed by atoms with Gasteiger partial charge in [0.1, 0.15) is 5.75 Å². The monoisotopic (exact) mass is 291 g/mol. The molecule has 0 aliphatic rings. The van der Waals surface area contributed by atoms with Gasteiger partial charge in [-0.2, -0.15) is 10.1 Å². The highest BCUT2D eigenvalue weighted by Crippen LogP contribution is 2.29. The Bertz CT molecular complexity index is 605. The van der Waals surface area contributed by atoms with E-state index >= 15 is 0 Å². The second kappa shape index (κ2) is 6.72. The molecule has 2 rings (SSSR count). The van der Waals surface area contributed by atoms with E-state index in [9.17, 15) is 0 Å². The lowest BCUT2D eigenvalue weighted by Gasteiger charge is -2.11. The maximum atomic E-state index is 5.97. The van der Waals surface area contributed by atoms with Crippen molar-refractivity contribution >= 4 is 29.1 Å². The molecular weight excluding hydrogens is 278 g/mol. The van der Waals surface area contributed by atoms with Crippen molar-refractivity contribution in [3.63, 3.8) is 0 Å². The maximum absolute atomic E-state index is 5.97. The lowest BCUT2D eigenvalue weighted by Crippen LogP contribution is -2.06. The molecule has 0 radical (unpaired) electrons. The van der Waals surface area contributed by atoms with Gasteiger partial charge in [-0.15, -0.1) is 11.7 Å². The zero-order valence-electron chi connectivity index (χ0n) is 10.9. The largest absolute Gasteiger partial charge is 0.495 e. The van der Waals surface area contributed by atoms with Crippen LogP contribution in [0.25, 0.3) is 0 Å². The van der Waals surface area contributed by atoms with Gasteiger partial charge in [0.2, 0.25) is 5.95 Å². The Hall–Kier alpha value is -2.34. The summed E-state index contributed by atoms with van der Waals surface area (Å²) in [5.74, 6) is 1.61. The molecule has 7 heteroatoms. The Balaban J connectivity index is 2.21. The van der Waals surface area contributed by atoms with Crippen LogP contribution in [-0.2, 0) is 0 Å². The summed E-state index contributed by atoms with van der Waals surface area (Å²) in [6.07, 6.45) is 3.23. The summed E-state index contributed by atoms with van der Waals surface area (Å²) in [5, 5.41) is 14.4. The van der Waals surface area contributed by atoms with Crippen molar-refractivity contribution in [2.75, 3.05) is 24.3 Å². The minimum atomic E-state index is 0.413. The number of rotatable bonds is 6. The number of halogens is 1. The Morgan fingerprint density at radius 2 is 2.30 bits per heavy atom. The van der Waals surface area contributed by atoms with Gasteiger partial charge in [-0.25, -0.2) is 0 Å². The van der Waals surface area contributed by atoms with Gasteiger partial charge in [-0.3, -0.25) is 0 Å². The number of methoxy groups -OCH3 is 1. The first-order valence-electron chi connectivity index (χ1n) is 5.88. The van der Waals surface area contributed by atoms with Gasteiger partial charge in [0.05, 0.1) is 19.0 Å². The van der Waals surface area contributed by atoms with E-state index < -0.39 is 0 Å². The maximum Gasteiger partial charge on any atom is 0.244 e. The topological polar surface area (TPSA) is 72.0 Å². The molecule has 0 amide bonds. The molecule has 2 aromatic rings. The Labute approximate surface area is 121 Å². The van der Waals surface area contributed by atoms with Gasteiger partial charge in [-0.1, -0.05) is 17.7 Å². The molecular formula is C13H14ClN5O. The summed E-state index contributed by atoms with van der Waals surface area (Å²) in [4.78, 5) is 4.27. The average molecular weight is 292 g/mol. The average Bonchev–Trinajstić information content (AvgIpc) is 2.46. The first-order chi connectivity index (χ1) is 9.72. The molecule has 0 saturated heterocycles. The molecule has 0 fully saturated rings. The number of hydrogen-bond acceptors (Lipinski definition) is 6. The van der Waals surface area contributed by atoms with Crippen molar-refractivity contribution in [2.24, 2.45) is 0 Å². The fourth-order valence-corrected chi connectivity index (χ4v) is 1.69. The lowest BCUT2D eigenvalue weighted by molar-refractivity contribution is 0.417. The first kappa shape index (κ1) is 14.1. The normalized spacial score (nSPS) is 9.90. The van der Waals surface area contributed by atoms with Crippen LogP contribution in [0.4, 0.5) is 17.5 Å². The van der Waals surface area contributed by atoms with Gasteiger partial charge >= 0.3 is 0 Å². The number of nitrogens with zero attached hydrogens (tertiary/aromatic N) is 3. The summed E-state index contributed by atoms with van der Waals surface area (Å²) >= 11 is 5.97. The number of anilines is 3. The third kappa shape index (κ3) is 3.58. The number of nitrogens with one attached hydrogen (secondary N) is 2. The molecule has 6 nitrogen and oxygen atoms in total. The second-order valence-electron chi connectivity index (χ2n) is 3.80. The molecule has 0 bridgehead atoms. The van der Waals surface area contributed by atoms with Crippen molar-refractivity contribution in [2.45, 2.75) is 0 Å². The van der Waals surface area contributed by atoms with Crippen LogP contribution in [0.3, 0.4) is 0 Å². The van der Waals surface area contributed by atoms with Gasteiger partial charge < -0.3 is 15.4 Å². The van der Waals surface area contributed by atoms with Crippen LogP contribution in [0.1, 0.15) is 0 Å². The molecule has 0 unspecified atom stereocenters. The number of hydrogen-bond donors (Lipinski definition) is 2. The van der Waals surface area contributed by atoms with Gasteiger partial charge in [0, 0.05) is 11.6 Å². The van der Waals surface area contributed by atoms with Crippen LogP contribution < -0.4 is 15.4 Å². The summed E-state index contributed by atoms with van der Waals surface area (Å²) in [5.41, 5.74) is 0.704. The summed E-state index contributed by atoms with van der Waals surface area (Å²) in [6.45, 7) is 4.17. The van der Waals surface area contributed by atoms with Crippen LogP contribution in [-0.4, -0.2) is 28.8 Å². The predicted molar refractivity (Wildman–Crippen MR) is 79.8 cm³/mol. The SMILES string of the molecule is C=CCNc1nncc(Nc2cc(Cl)ccc2OC)n1. The fraction of sp³-hybridized carbons (Fsp3) is 0.154. The first-order valence-corrected chi connectivity index (χ1v) is 6.26. The van der Waals surface area contributed by atoms with Gasteiger partial charge in [-0.05, 0) is 18.2 Å². The molecule has 1 heterocycles. The Morgan fingerprint density at radius 1 is 1.45 bits per heavy atom. The minimum absolute atomic E-state index is 0.413. The summed E-state index contributed by atoms with van der Waals surface area (Å²) in [7, 11) is 1.59. The van der Waals surface area contributed by atoms with Crippen LogP contribution in [0.5, 0.6) is 5.75 Å². The fourth-order valence-electron chi connectivity index (χ4n) is 1.52. The quantitative estimate of drug-likeness (QED) is 0.797. The summed E-state index contributed by atoms with van der Waals surface area (Å²) < 4.78 is 5.25. The Kier molecular flexibility index (Phi) is 4.73. The van der Waals surface area contributed by atoms with E-state index in [1.807, 2.05) is 0 Å². The van der Waals surface area contributed by atoms with Crippen molar-refractivity contribution < 1.29 is 4.74 Å². The van der Waals surface area contributed by atoms with E-state index in [1.54, 1.807) is 31.4 Å². The highest BCUT2D eigenvalue weighted by molar-refractivity contribution is 6.31. The second-order valence-corrected chi connectivity index (χ2v) is 4.24. The van der Waals surface area contributed by atoms with Crippen molar-refractivity contribution in [3.8, 4) is 5.75 Å². The van der Waals surface area contributed by atoms with Crippen molar-refractivity contribution in [1.29, 1.82) is 0 Å². The van der Waals surface area contributed by atoms with E-state index in [2.05, 4.69) is 32.4 Å². The third-order valence-corrected chi connectivity index (χ3v) is 2.62. The van der Waals surface area contributed by atoms with E-state index in [4.69, 9.17) is 16.3 Å². The number of benzene rings is 1. The Morgan fingerprint density at radius 3 is 3.05 bits per heavy atom. The molecule has 1 aromatic heterocycles. The van der Waals surface area contributed by atoms with Crippen LogP contribution in [0.2, 0.25) is 5.02 Å². The van der Waals surface area contributed by atoms with Crippen molar-refractivity contribution in [1.82, 2.24) is 15.2 Å². The highest BCUT2D eigenvalue weighted by Gasteiger charge is 2.06. The molecule has 0 aliphatic carbocycles. The number of aromatic nitrogens is 3. The van der Waals surface area contributed by atoms with E-state index in [0.29, 0.717) is 34.8 Å². The van der Waals surface area contributed by atoms with Crippen LogP contribution in [0.15, 0.2) is 37.1 Å². The van der Waals surface area contributed by atoms with Crippen LogP contribution >= 0.6 is 11.6 Å². The van der Waals surface area contributed by atoms with E-state index in [-0.39, 0.29) is 0 Å².